The molecular weight excluding hydrogens is 368 g/mol. The first-order chi connectivity index (χ1) is 13.0. The zero-order valence-corrected chi connectivity index (χ0v) is 15.4. The first kappa shape index (κ1) is 17.8. The van der Waals surface area contributed by atoms with E-state index in [0.717, 1.165) is 18.4 Å². The number of sulfonamides is 1. The van der Waals surface area contributed by atoms with Gasteiger partial charge in [-0.2, -0.15) is 4.31 Å². The highest BCUT2D eigenvalue weighted by atomic mass is 32.2. The molecule has 7 nitrogen and oxygen atoms in total. The van der Waals surface area contributed by atoms with Crippen LogP contribution < -0.4 is 15.2 Å². The summed E-state index contributed by atoms with van der Waals surface area (Å²) in [4.78, 5) is 11.4. The van der Waals surface area contributed by atoms with E-state index in [2.05, 4.69) is 0 Å². The molecule has 0 aliphatic carbocycles. The van der Waals surface area contributed by atoms with E-state index in [0.29, 0.717) is 31.3 Å². The van der Waals surface area contributed by atoms with Crippen molar-refractivity contribution in [1.82, 2.24) is 4.31 Å². The highest BCUT2D eigenvalue weighted by Gasteiger charge is 2.36. The zero-order valence-electron chi connectivity index (χ0n) is 14.6. The highest BCUT2D eigenvalue weighted by Crippen LogP contribution is 2.40. The van der Waals surface area contributed by atoms with Gasteiger partial charge in [-0.15, -0.1) is 0 Å². The van der Waals surface area contributed by atoms with Gasteiger partial charge in [0.05, 0.1) is 10.9 Å². The van der Waals surface area contributed by atoms with Crippen molar-refractivity contribution in [3.05, 3.63) is 53.6 Å². The molecule has 1 saturated heterocycles. The fraction of sp³-hybridized carbons (Fsp3) is 0.316. The summed E-state index contributed by atoms with van der Waals surface area (Å²) in [6.45, 7) is 1.44. The van der Waals surface area contributed by atoms with Crippen LogP contribution in [0.25, 0.3) is 0 Å². The van der Waals surface area contributed by atoms with E-state index in [4.69, 9.17) is 15.2 Å². The molecule has 0 unspecified atom stereocenters. The van der Waals surface area contributed by atoms with Gasteiger partial charge in [-0.25, -0.2) is 8.42 Å². The first-order valence-corrected chi connectivity index (χ1v) is 10.2. The number of benzene rings is 2. The molecule has 0 spiro atoms. The van der Waals surface area contributed by atoms with E-state index in [1.54, 1.807) is 0 Å². The molecule has 2 N–H and O–H groups in total. The number of nitrogens with two attached hydrogens (primary N) is 1. The third kappa shape index (κ3) is 3.26. The van der Waals surface area contributed by atoms with Crippen molar-refractivity contribution < 1.29 is 22.7 Å². The molecule has 2 heterocycles. The van der Waals surface area contributed by atoms with Gasteiger partial charge in [0.1, 0.15) is 13.2 Å². The van der Waals surface area contributed by atoms with Crippen LogP contribution in [0.3, 0.4) is 0 Å². The number of fused-ring (bicyclic) bond motifs is 1. The summed E-state index contributed by atoms with van der Waals surface area (Å²) in [5, 5.41) is 0. The molecule has 142 valence electrons. The molecule has 0 radical (unpaired) electrons. The van der Waals surface area contributed by atoms with Gasteiger partial charge >= 0.3 is 0 Å². The van der Waals surface area contributed by atoms with Crippen molar-refractivity contribution in [2.75, 3.05) is 19.8 Å². The number of amides is 1. The minimum absolute atomic E-state index is 0.150. The molecule has 1 amide bonds. The van der Waals surface area contributed by atoms with Gasteiger partial charge in [-0.05, 0) is 54.8 Å². The summed E-state index contributed by atoms with van der Waals surface area (Å²) in [5.74, 6) is 0.738. The predicted octanol–water partition coefficient (Wildman–Crippen LogP) is 2.08. The smallest absolute Gasteiger partial charge is 0.248 e. The monoisotopic (exact) mass is 388 g/mol. The minimum Gasteiger partial charge on any atom is -0.486 e. The molecule has 2 aromatic rings. The summed E-state index contributed by atoms with van der Waals surface area (Å²) in [7, 11) is -3.69. The standard InChI is InChI=1S/C19H20N2O5S/c20-19(22)13-3-6-15(7-4-13)27(23,24)21-9-1-2-16(21)14-5-8-17-18(12-14)26-11-10-25-17/h3-8,12,16H,1-2,9-11H2,(H2,20,22)/t16-/m1/s1. The zero-order chi connectivity index (χ0) is 19.0. The summed E-state index contributed by atoms with van der Waals surface area (Å²) >= 11 is 0. The Hall–Kier alpha value is -2.58. The Morgan fingerprint density at radius 3 is 2.44 bits per heavy atom. The molecule has 4 rings (SSSR count). The van der Waals surface area contributed by atoms with E-state index in [-0.39, 0.29) is 16.5 Å². The van der Waals surface area contributed by atoms with E-state index in [1.807, 2.05) is 18.2 Å². The van der Waals surface area contributed by atoms with Crippen LogP contribution in [-0.2, 0) is 10.0 Å². The van der Waals surface area contributed by atoms with Crippen LogP contribution in [0.5, 0.6) is 11.5 Å². The number of hydrogen-bond acceptors (Lipinski definition) is 5. The Bertz CT molecular complexity index is 972. The van der Waals surface area contributed by atoms with Crippen molar-refractivity contribution >= 4 is 15.9 Å². The van der Waals surface area contributed by atoms with Gasteiger partial charge in [0.25, 0.3) is 0 Å². The second-order valence-electron chi connectivity index (χ2n) is 6.57. The van der Waals surface area contributed by atoms with Crippen LogP contribution in [0.4, 0.5) is 0 Å². The molecule has 2 aliphatic heterocycles. The SMILES string of the molecule is NC(=O)c1ccc(S(=O)(=O)N2CCC[C@@H]2c2ccc3c(c2)OCCO3)cc1. The average molecular weight is 388 g/mol. The lowest BCUT2D eigenvalue weighted by atomic mass is 10.0. The van der Waals surface area contributed by atoms with Gasteiger partial charge < -0.3 is 15.2 Å². The lowest BCUT2D eigenvalue weighted by molar-refractivity contribution is 0.1000. The number of hydrogen-bond donors (Lipinski definition) is 1. The maximum Gasteiger partial charge on any atom is 0.248 e. The van der Waals surface area contributed by atoms with Crippen LogP contribution in [0.2, 0.25) is 0 Å². The lowest BCUT2D eigenvalue weighted by Gasteiger charge is -2.26. The van der Waals surface area contributed by atoms with E-state index in [9.17, 15) is 13.2 Å². The van der Waals surface area contributed by atoms with Crippen molar-refractivity contribution in [2.45, 2.75) is 23.8 Å². The number of carbonyl (C=O) groups excluding carboxylic acids is 1. The molecule has 27 heavy (non-hydrogen) atoms. The molecule has 0 saturated carbocycles. The number of rotatable bonds is 4. The fourth-order valence-corrected chi connectivity index (χ4v) is 5.24. The van der Waals surface area contributed by atoms with Crippen LogP contribution in [0, 0.1) is 0 Å². The normalized spacial score (nSPS) is 19.8. The van der Waals surface area contributed by atoms with E-state index in [1.165, 1.54) is 28.6 Å². The Morgan fingerprint density at radius 2 is 1.74 bits per heavy atom. The Kier molecular flexibility index (Phi) is 4.53. The fourth-order valence-electron chi connectivity index (χ4n) is 3.55. The van der Waals surface area contributed by atoms with Crippen molar-refractivity contribution in [2.24, 2.45) is 5.73 Å². The first-order valence-electron chi connectivity index (χ1n) is 8.78. The van der Waals surface area contributed by atoms with Gasteiger partial charge in [-0.3, -0.25) is 4.79 Å². The molecule has 8 heteroatoms. The Morgan fingerprint density at radius 1 is 1.04 bits per heavy atom. The van der Waals surface area contributed by atoms with Crippen LogP contribution >= 0.6 is 0 Å². The maximum atomic E-state index is 13.1. The largest absolute Gasteiger partial charge is 0.486 e. The van der Waals surface area contributed by atoms with E-state index >= 15 is 0 Å². The van der Waals surface area contributed by atoms with Crippen molar-refractivity contribution in [3.8, 4) is 11.5 Å². The van der Waals surface area contributed by atoms with Crippen molar-refractivity contribution in [3.63, 3.8) is 0 Å². The molecule has 1 atom stereocenters. The maximum absolute atomic E-state index is 13.1. The second-order valence-corrected chi connectivity index (χ2v) is 8.46. The Balaban J connectivity index is 1.65. The number of nitrogens with zero attached hydrogens (tertiary/aromatic N) is 1. The number of primary amides is 1. The average Bonchev–Trinajstić information content (AvgIpc) is 3.18. The van der Waals surface area contributed by atoms with E-state index < -0.39 is 15.9 Å². The summed E-state index contributed by atoms with van der Waals surface area (Å²) in [5.41, 5.74) is 6.39. The van der Waals surface area contributed by atoms with Crippen molar-refractivity contribution in [1.29, 1.82) is 0 Å². The third-order valence-corrected chi connectivity index (χ3v) is 6.82. The molecule has 2 aromatic carbocycles. The Labute approximate surface area is 157 Å². The number of ether oxygens (including phenoxy) is 2. The molecule has 1 fully saturated rings. The van der Waals surface area contributed by atoms with Crippen LogP contribution in [-0.4, -0.2) is 38.4 Å². The predicted molar refractivity (Wildman–Crippen MR) is 98.3 cm³/mol. The van der Waals surface area contributed by atoms with Crippen LogP contribution in [0.1, 0.15) is 34.8 Å². The third-order valence-electron chi connectivity index (χ3n) is 4.90. The summed E-state index contributed by atoms with van der Waals surface area (Å²) in [6, 6.07) is 11.0. The summed E-state index contributed by atoms with van der Waals surface area (Å²) in [6.07, 6.45) is 1.51. The van der Waals surface area contributed by atoms with Gasteiger partial charge in [0, 0.05) is 12.1 Å². The van der Waals surface area contributed by atoms with Gasteiger partial charge in [0.2, 0.25) is 15.9 Å². The molecule has 0 aromatic heterocycles. The minimum atomic E-state index is -3.69. The highest BCUT2D eigenvalue weighted by molar-refractivity contribution is 7.89. The lowest BCUT2D eigenvalue weighted by Crippen LogP contribution is -2.31. The second kappa shape index (κ2) is 6.86. The van der Waals surface area contributed by atoms with Gasteiger partial charge in [0.15, 0.2) is 11.5 Å². The topological polar surface area (TPSA) is 98.9 Å². The summed E-state index contributed by atoms with van der Waals surface area (Å²) < 4.78 is 39.0. The quantitative estimate of drug-likeness (QED) is 0.865. The van der Waals surface area contributed by atoms with Gasteiger partial charge in [-0.1, -0.05) is 6.07 Å². The molecule has 0 bridgehead atoms. The molecule has 2 aliphatic rings. The molecular formula is C19H20N2O5S. The number of carbonyl (C=O) groups is 1. The van der Waals surface area contributed by atoms with Crippen LogP contribution in [0.15, 0.2) is 47.4 Å².